The van der Waals surface area contributed by atoms with Gasteiger partial charge in [-0.15, -0.1) is 0 Å². The van der Waals surface area contributed by atoms with Crippen LogP contribution >= 0.6 is 0 Å². The lowest BCUT2D eigenvalue weighted by atomic mass is 9.83. The molecule has 1 aliphatic carbocycles. The lowest BCUT2D eigenvalue weighted by Gasteiger charge is -2.24. The van der Waals surface area contributed by atoms with E-state index in [1.165, 1.54) is 6.92 Å². The van der Waals surface area contributed by atoms with Crippen molar-refractivity contribution in [2.24, 2.45) is 5.41 Å². The molecule has 0 radical (unpaired) electrons. The second-order valence-electron chi connectivity index (χ2n) is 3.83. The standard InChI is InChI=1S/C10H10F4O3/c1-9(8(15)16)4-2-6(3-5-9)17-10(13,14)7(11)12/h2-4,7H,5H2,1H3,(H,15,16). The highest BCUT2D eigenvalue weighted by Gasteiger charge is 2.44. The van der Waals surface area contributed by atoms with Crippen LogP contribution in [0.4, 0.5) is 17.6 Å². The summed E-state index contributed by atoms with van der Waals surface area (Å²) in [5, 5.41) is 8.82. The average molecular weight is 254 g/mol. The number of ether oxygens (including phenoxy) is 1. The predicted octanol–water partition coefficient (Wildman–Crippen LogP) is 2.80. The van der Waals surface area contributed by atoms with Gasteiger partial charge in [0.2, 0.25) is 0 Å². The molecule has 1 unspecified atom stereocenters. The fraction of sp³-hybridized carbons (Fsp3) is 0.500. The Morgan fingerprint density at radius 3 is 2.53 bits per heavy atom. The summed E-state index contributed by atoms with van der Waals surface area (Å²) in [5.74, 6) is -1.60. The van der Waals surface area contributed by atoms with E-state index in [0.717, 1.165) is 18.2 Å². The maximum atomic E-state index is 12.5. The van der Waals surface area contributed by atoms with Gasteiger partial charge in [0, 0.05) is 0 Å². The van der Waals surface area contributed by atoms with Crippen molar-refractivity contribution >= 4 is 5.97 Å². The zero-order valence-corrected chi connectivity index (χ0v) is 8.79. The van der Waals surface area contributed by atoms with E-state index in [0.29, 0.717) is 0 Å². The van der Waals surface area contributed by atoms with E-state index in [-0.39, 0.29) is 6.42 Å². The molecule has 0 spiro atoms. The van der Waals surface area contributed by atoms with Gasteiger partial charge in [0.05, 0.1) is 5.41 Å². The zero-order valence-electron chi connectivity index (χ0n) is 8.79. The molecule has 0 fully saturated rings. The number of allylic oxidation sites excluding steroid dienone is 2. The highest BCUT2D eigenvalue weighted by atomic mass is 19.3. The fourth-order valence-corrected chi connectivity index (χ4v) is 1.15. The number of halogens is 4. The van der Waals surface area contributed by atoms with Crippen molar-refractivity contribution in [1.29, 1.82) is 0 Å². The molecule has 1 atom stereocenters. The topological polar surface area (TPSA) is 46.5 Å². The van der Waals surface area contributed by atoms with Crippen LogP contribution in [0.2, 0.25) is 0 Å². The molecule has 0 aromatic heterocycles. The summed E-state index contributed by atoms with van der Waals surface area (Å²) in [7, 11) is 0. The van der Waals surface area contributed by atoms with Crippen LogP contribution in [-0.2, 0) is 9.53 Å². The first-order valence-electron chi connectivity index (χ1n) is 4.65. The first-order valence-corrected chi connectivity index (χ1v) is 4.65. The number of hydrogen-bond acceptors (Lipinski definition) is 2. The summed E-state index contributed by atoms with van der Waals surface area (Å²) < 4.78 is 52.5. The number of carbonyl (C=O) groups is 1. The van der Waals surface area contributed by atoms with E-state index in [1.54, 1.807) is 0 Å². The van der Waals surface area contributed by atoms with Gasteiger partial charge in [-0.25, -0.2) is 0 Å². The van der Waals surface area contributed by atoms with Gasteiger partial charge >= 0.3 is 18.5 Å². The van der Waals surface area contributed by atoms with Crippen LogP contribution in [0.5, 0.6) is 0 Å². The van der Waals surface area contributed by atoms with Crippen LogP contribution in [0.1, 0.15) is 13.3 Å². The van der Waals surface area contributed by atoms with Gasteiger partial charge in [0.15, 0.2) is 0 Å². The van der Waals surface area contributed by atoms with Gasteiger partial charge < -0.3 is 9.84 Å². The van der Waals surface area contributed by atoms with E-state index in [9.17, 15) is 22.4 Å². The van der Waals surface area contributed by atoms with Gasteiger partial charge in [0.1, 0.15) is 5.76 Å². The number of hydrogen-bond donors (Lipinski definition) is 1. The van der Waals surface area contributed by atoms with Crippen LogP contribution in [0, 0.1) is 5.41 Å². The Bertz CT molecular complexity index is 376. The van der Waals surface area contributed by atoms with E-state index in [2.05, 4.69) is 4.74 Å². The molecule has 1 N–H and O–H groups in total. The SMILES string of the molecule is CC1(C(=O)O)C=CC(OC(F)(F)C(F)F)=CC1. The smallest absolute Gasteiger partial charge is 0.461 e. The maximum absolute atomic E-state index is 12.5. The first kappa shape index (κ1) is 13.5. The molecule has 0 bridgehead atoms. The molecule has 0 amide bonds. The Labute approximate surface area is 94.4 Å². The predicted molar refractivity (Wildman–Crippen MR) is 49.6 cm³/mol. The molecule has 1 aliphatic rings. The van der Waals surface area contributed by atoms with Gasteiger partial charge in [-0.05, 0) is 25.5 Å². The van der Waals surface area contributed by atoms with Crippen molar-refractivity contribution in [3.8, 4) is 0 Å². The molecular formula is C10H10F4O3. The van der Waals surface area contributed by atoms with E-state index < -0.39 is 29.7 Å². The van der Waals surface area contributed by atoms with Crippen molar-refractivity contribution < 1.29 is 32.2 Å². The number of rotatable bonds is 4. The van der Waals surface area contributed by atoms with Crippen molar-refractivity contribution in [2.75, 3.05) is 0 Å². The third-order valence-corrected chi connectivity index (χ3v) is 2.34. The quantitative estimate of drug-likeness (QED) is 0.784. The van der Waals surface area contributed by atoms with E-state index >= 15 is 0 Å². The minimum absolute atomic E-state index is 0.104. The van der Waals surface area contributed by atoms with Crippen molar-refractivity contribution in [3.63, 3.8) is 0 Å². The van der Waals surface area contributed by atoms with Gasteiger partial charge in [-0.2, -0.15) is 17.6 Å². The Balaban J connectivity index is 2.72. The van der Waals surface area contributed by atoms with Crippen LogP contribution in [-0.4, -0.2) is 23.6 Å². The third kappa shape index (κ3) is 2.98. The van der Waals surface area contributed by atoms with E-state index in [1.807, 2.05) is 0 Å². The summed E-state index contributed by atoms with van der Waals surface area (Å²) in [6.45, 7) is 1.38. The minimum Gasteiger partial charge on any atom is -0.481 e. The Kier molecular flexibility index (Phi) is 3.49. The Morgan fingerprint density at radius 1 is 1.59 bits per heavy atom. The number of carboxylic acids is 1. The number of alkyl halides is 4. The molecule has 0 saturated carbocycles. The molecule has 0 aromatic carbocycles. The monoisotopic (exact) mass is 254 g/mol. The lowest BCUT2D eigenvalue weighted by Crippen LogP contribution is -2.31. The molecule has 1 rings (SSSR count). The summed E-state index contributed by atoms with van der Waals surface area (Å²) in [4.78, 5) is 10.8. The van der Waals surface area contributed by atoms with Gasteiger partial charge in [-0.1, -0.05) is 6.08 Å². The van der Waals surface area contributed by atoms with Crippen LogP contribution < -0.4 is 0 Å². The molecular weight excluding hydrogens is 244 g/mol. The van der Waals surface area contributed by atoms with E-state index in [4.69, 9.17) is 5.11 Å². The summed E-state index contributed by atoms with van der Waals surface area (Å²) in [5.41, 5.74) is -1.23. The molecule has 0 aromatic rings. The third-order valence-electron chi connectivity index (χ3n) is 2.34. The molecule has 7 heteroatoms. The van der Waals surface area contributed by atoms with Crippen LogP contribution in [0.25, 0.3) is 0 Å². The average Bonchev–Trinajstić information content (AvgIpc) is 2.21. The highest BCUT2D eigenvalue weighted by molar-refractivity contribution is 5.77. The molecule has 3 nitrogen and oxygen atoms in total. The second kappa shape index (κ2) is 4.38. The summed E-state index contributed by atoms with van der Waals surface area (Å²) in [6.07, 6.45) is -5.49. The molecule has 0 aliphatic heterocycles. The van der Waals surface area contributed by atoms with Crippen molar-refractivity contribution in [2.45, 2.75) is 25.9 Å². The van der Waals surface area contributed by atoms with Gasteiger partial charge in [-0.3, -0.25) is 4.79 Å². The second-order valence-corrected chi connectivity index (χ2v) is 3.83. The molecule has 0 heterocycles. The largest absolute Gasteiger partial charge is 0.481 e. The van der Waals surface area contributed by atoms with Crippen LogP contribution in [0.3, 0.4) is 0 Å². The van der Waals surface area contributed by atoms with Crippen molar-refractivity contribution in [3.05, 3.63) is 24.0 Å². The minimum atomic E-state index is -4.58. The number of carboxylic acid groups (broad SMARTS) is 1. The first-order chi connectivity index (χ1) is 7.67. The lowest BCUT2D eigenvalue weighted by molar-refractivity contribution is -0.280. The van der Waals surface area contributed by atoms with Crippen molar-refractivity contribution in [1.82, 2.24) is 0 Å². The summed E-state index contributed by atoms with van der Waals surface area (Å²) in [6, 6.07) is 0. The highest BCUT2D eigenvalue weighted by Crippen LogP contribution is 2.33. The Morgan fingerprint density at radius 2 is 2.18 bits per heavy atom. The number of aliphatic carboxylic acids is 1. The molecule has 17 heavy (non-hydrogen) atoms. The fourth-order valence-electron chi connectivity index (χ4n) is 1.15. The van der Waals surface area contributed by atoms with Crippen LogP contribution in [0.15, 0.2) is 24.0 Å². The molecule has 0 saturated heterocycles. The zero-order chi connectivity index (χ0) is 13.3. The maximum Gasteiger partial charge on any atom is 0.461 e. The molecule has 96 valence electrons. The normalized spacial score (nSPS) is 24.7. The van der Waals surface area contributed by atoms with Gasteiger partial charge in [0.25, 0.3) is 0 Å². The Hall–Kier alpha value is -1.53. The summed E-state index contributed by atoms with van der Waals surface area (Å²) >= 11 is 0.